The summed E-state index contributed by atoms with van der Waals surface area (Å²) in [5.41, 5.74) is 0.316. The molecule has 0 aromatic heterocycles. The van der Waals surface area contributed by atoms with Gasteiger partial charge in [0.2, 0.25) is 0 Å². The average Bonchev–Trinajstić information content (AvgIpc) is 2.19. The minimum atomic E-state index is -4.90. The van der Waals surface area contributed by atoms with Gasteiger partial charge in [0.1, 0.15) is 0 Å². The smallest absolute Gasteiger partial charge is 0.445 e. The molecule has 1 rings (SSSR count). The van der Waals surface area contributed by atoms with Crippen molar-refractivity contribution in [2.75, 3.05) is 5.75 Å². The molecular formula is C10H10BClF3S-. The van der Waals surface area contributed by atoms with E-state index in [0.29, 0.717) is 10.8 Å². The van der Waals surface area contributed by atoms with Crippen molar-refractivity contribution in [3.8, 4) is 0 Å². The summed E-state index contributed by atoms with van der Waals surface area (Å²) in [6.07, 6.45) is 0. The fourth-order valence-corrected chi connectivity index (χ4v) is 2.08. The van der Waals surface area contributed by atoms with Crippen LogP contribution in [0.3, 0.4) is 0 Å². The van der Waals surface area contributed by atoms with Gasteiger partial charge in [-0.2, -0.15) is 11.8 Å². The van der Waals surface area contributed by atoms with E-state index >= 15 is 0 Å². The molecule has 0 atom stereocenters. The molecule has 0 bridgehead atoms. The Morgan fingerprint density at radius 2 is 1.81 bits per heavy atom. The third-order valence-electron chi connectivity index (χ3n) is 1.93. The molecule has 0 spiro atoms. The summed E-state index contributed by atoms with van der Waals surface area (Å²) >= 11 is 6.89. The van der Waals surface area contributed by atoms with Crippen LogP contribution in [0.5, 0.6) is 0 Å². The quantitative estimate of drug-likeness (QED) is 0.706. The summed E-state index contributed by atoms with van der Waals surface area (Å²) in [6, 6.07) is 7.05. The molecule has 0 aliphatic carbocycles. The molecule has 0 fully saturated rings. The number of hydrogen-bond donors (Lipinski definition) is 0. The number of halogens is 4. The minimum absolute atomic E-state index is 0.0773. The summed E-state index contributed by atoms with van der Waals surface area (Å²) in [7, 11) is 0. The molecule has 0 amide bonds. The van der Waals surface area contributed by atoms with Gasteiger partial charge in [-0.3, -0.25) is 0 Å². The van der Waals surface area contributed by atoms with Gasteiger partial charge in [0.05, 0.1) is 0 Å². The molecule has 0 saturated heterocycles. The maximum atomic E-state index is 12.2. The molecule has 0 saturated carbocycles. The minimum Gasteiger partial charge on any atom is -0.445 e. The molecule has 88 valence electrons. The zero-order valence-electron chi connectivity index (χ0n) is 8.43. The van der Waals surface area contributed by atoms with Crippen molar-refractivity contribution in [2.24, 2.45) is 0 Å². The van der Waals surface area contributed by atoms with Crippen LogP contribution in [0.15, 0.2) is 36.3 Å². The summed E-state index contributed by atoms with van der Waals surface area (Å²) in [5.74, 6) is 0.453. The molecule has 6 heteroatoms. The Kier molecular flexibility index (Phi) is 4.80. The number of thioether (sulfide) groups is 1. The molecule has 0 heterocycles. The fraction of sp³-hybridized carbons (Fsp3) is 0.200. The van der Waals surface area contributed by atoms with Crippen molar-refractivity contribution >= 4 is 30.3 Å². The number of benzene rings is 1. The summed E-state index contributed by atoms with van der Waals surface area (Å²) in [4.78, 5) is 0. The van der Waals surface area contributed by atoms with Crippen molar-refractivity contribution in [1.29, 1.82) is 0 Å². The molecule has 0 nitrogen and oxygen atoms in total. The van der Waals surface area contributed by atoms with Crippen molar-refractivity contribution in [3.05, 3.63) is 46.9 Å². The first-order valence-electron chi connectivity index (χ1n) is 4.59. The highest BCUT2D eigenvalue weighted by atomic mass is 35.5. The molecule has 0 unspecified atom stereocenters. The first-order valence-corrected chi connectivity index (χ1v) is 6.12. The lowest BCUT2D eigenvalue weighted by Gasteiger charge is -2.17. The Balaban J connectivity index is 2.36. The van der Waals surface area contributed by atoms with Gasteiger partial charge in [0.25, 0.3) is 0 Å². The van der Waals surface area contributed by atoms with Crippen molar-refractivity contribution in [3.63, 3.8) is 0 Å². The molecule has 16 heavy (non-hydrogen) atoms. The zero-order chi connectivity index (χ0) is 12.2. The van der Waals surface area contributed by atoms with Crippen LogP contribution in [-0.2, 0) is 5.75 Å². The van der Waals surface area contributed by atoms with Gasteiger partial charge < -0.3 is 12.9 Å². The third-order valence-corrected chi connectivity index (χ3v) is 3.30. The molecule has 0 aliphatic rings. The van der Waals surface area contributed by atoms with E-state index in [0.717, 1.165) is 5.56 Å². The third kappa shape index (κ3) is 4.53. The lowest BCUT2D eigenvalue weighted by molar-refractivity contribution is 0.491. The molecule has 1 aromatic carbocycles. The van der Waals surface area contributed by atoms with E-state index in [4.69, 9.17) is 11.6 Å². The highest BCUT2D eigenvalue weighted by Gasteiger charge is 2.25. The fourth-order valence-electron chi connectivity index (χ4n) is 0.975. The lowest BCUT2D eigenvalue weighted by Crippen LogP contribution is -2.20. The van der Waals surface area contributed by atoms with Crippen LogP contribution < -0.4 is 0 Å². The standard InChI is InChI=1S/C10H10BClF3S/c1-8(11(13,14)15)6-16-7-9-2-4-10(12)5-3-9/h2-5H,1,6-7H2/q-1. The molecule has 1 aromatic rings. The van der Waals surface area contributed by atoms with E-state index in [2.05, 4.69) is 6.58 Å². The summed E-state index contributed by atoms with van der Waals surface area (Å²) in [6.45, 7) is -1.86. The Morgan fingerprint density at radius 3 is 2.31 bits per heavy atom. The predicted octanol–water partition coefficient (Wildman–Crippen LogP) is 4.52. The monoisotopic (exact) mass is 265 g/mol. The largest absolute Gasteiger partial charge is 0.505 e. The van der Waals surface area contributed by atoms with Crippen LogP contribution in [0.1, 0.15) is 5.56 Å². The van der Waals surface area contributed by atoms with Gasteiger partial charge in [-0.25, -0.2) is 0 Å². The van der Waals surface area contributed by atoms with E-state index in [9.17, 15) is 12.9 Å². The van der Waals surface area contributed by atoms with Crippen molar-refractivity contribution in [1.82, 2.24) is 0 Å². The second kappa shape index (κ2) is 5.68. The van der Waals surface area contributed by atoms with E-state index in [1.54, 1.807) is 24.3 Å². The maximum absolute atomic E-state index is 12.2. The van der Waals surface area contributed by atoms with Crippen LogP contribution in [0, 0.1) is 0 Å². The predicted molar refractivity (Wildman–Crippen MR) is 65.8 cm³/mol. The lowest BCUT2D eigenvalue weighted by atomic mass is 9.82. The van der Waals surface area contributed by atoms with Crippen LogP contribution in [0.25, 0.3) is 0 Å². The number of hydrogen-bond acceptors (Lipinski definition) is 1. The Labute approximate surface area is 102 Å². The summed E-state index contributed by atoms with van der Waals surface area (Å²) < 4.78 is 36.5. The highest BCUT2D eigenvalue weighted by Crippen LogP contribution is 2.24. The zero-order valence-corrected chi connectivity index (χ0v) is 10.0. The number of rotatable bonds is 5. The van der Waals surface area contributed by atoms with Crippen LogP contribution in [-0.4, -0.2) is 12.7 Å². The van der Waals surface area contributed by atoms with Gasteiger partial charge >= 0.3 is 6.98 Å². The van der Waals surface area contributed by atoms with E-state index in [1.807, 2.05) is 0 Å². The topological polar surface area (TPSA) is 0 Å². The molecule has 0 N–H and O–H groups in total. The second-order valence-electron chi connectivity index (χ2n) is 3.35. The van der Waals surface area contributed by atoms with Crippen LogP contribution in [0.2, 0.25) is 5.02 Å². The normalized spacial score (nSPS) is 11.5. The van der Waals surface area contributed by atoms with E-state index in [1.165, 1.54) is 11.8 Å². The van der Waals surface area contributed by atoms with Gasteiger partial charge in [0, 0.05) is 10.8 Å². The molecular weight excluding hydrogens is 255 g/mol. The summed E-state index contributed by atoms with van der Waals surface area (Å²) in [5, 5.41) is 0.622. The van der Waals surface area contributed by atoms with E-state index < -0.39 is 12.4 Å². The second-order valence-corrected chi connectivity index (χ2v) is 4.77. The SMILES string of the molecule is C=C(CSCc1ccc(Cl)cc1)[B-](F)(F)F. The van der Waals surface area contributed by atoms with Gasteiger partial charge in [-0.1, -0.05) is 23.7 Å². The first kappa shape index (κ1) is 13.5. The molecule has 0 aliphatic heterocycles. The maximum Gasteiger partial charge on any atom is 0.505 e. The van der Waals surface area contributed by atoms with Crippen molar-refractivity contribution in [2.45, 2.75) is 5.75 Å². The highest BCUT2D eigenvalue weighted by molar-refractivity contribution is 7.98. The molecule has 0 radical (unpaired) electrons. The average molecular weight is 266 g/mol. The van der Waals surface area contributed by atoms with E-state index in [-0.39, 0.29) is 5.75 Å². The Morgan fingerprint density at radius 1 is 1.25 bits per heavy atom. The Bertz CT molecular complexity index is 361. The van der Waals surface area contributed by atoms with Crippen LogP contribution in [0.4, 0.5) is 12.9 Å². The van der Waals surface area contributed by atoms with Crippen LogP contribution >= 0.6 is 23.4 Å². The van der Waals surface area contributed by atoms with Gasteiger partial charge in [-0.15, -0.1) is 12.1 Å². The Hall–Kier alpha value is -0.545. The van der Waals surface area contributed by atoms with Gasteiger partial charge in [0.15, 0.2) is 0 Å². The first-order chi connectivity index (χ1) is 7.39. The van der Waals surface area contributed by atoms with Crippen molar-refractivity contribution < 1.29 is 12.9 Å². The van der Waals surface area contributed by atoms with Gasteiger partial charge in [-0.05, 0) is 23.4 Å².